The molecule has 1 aliphatic rings. The third kappa shape index (κ3) is 1.36. The second kappa shape index (κ2) is 2.86. The molecule has 1 aromatic carbocycles. The van der Waals surface area contributed by atoms with E-state index < -0.39 is 0 Å². The molecule has 0 bridgehead atoms. The Labute approximate surface area is 75.1 Å². The molecule has 1 heterocycles. The zero-order valence-corrected chi connectivity index (χ0v) is 6.78. The van der Waals surface area contributed by atoms with Crippen molar-refractivity contribution in [2.24, 2.45) is 0 Å². The third-order valence-corrected chi connectivity index (χ3v) is 1.83. The molecule has 0 radical (unpaired) electrons. The summed E-state index contributed by atoms with van der Waals surface area (Å²) >= 11 is 0. The van der Waals surface area contributed by atoms with Gasteiger partial charge in [0.15, 0.2) is 0 Å². The molecule has 2 rings (SSSR count). The lowest BCUT2D eigenvalue weighted by molar-refractivity contribution is -0.134. The number of benzene rings is 1. The van der Waals surface area contributed by atoms with Crippen molar-refractivity contribution in [3.63, 3.8) is 0 Å². The van der Waals surface area contributed by atoms with E-state index in [0.717, 1.165) is 5.56 Å². The number of imide groups is 1. The molecule has 3 nitrogen and oxygen atoms in total. The summed E-state index contributed by atoms with van der Waals surface area (Å²) in [5.74, 6) is -0.595. The molecule has 64 valence electrons. The first kappa shape index (κ1) is 7.73. The van der Waals surface area contributed by atoms with Crippen LogP contribution in [0.4, 0.5) is 0 Å². The average Bonchev–Trinajstić information content (AvgIpc) is 2.16. The maximum Gasteiger partial charge on any atom is 0.263 e. The summed E-state index contributed by atoms with van der Waals surface area (Å²) in [5.41, 5.74) is 1.09. The van der Waals surface area contributed by atoms with Crippen LogP contribution in [-0.4, -0.2) is 11.8 Å². The minimum atomic E-state index is -0.297. The van der Waals surface area contributed by atoms with Crippen molar-refractivity contribution in [3.8, 4) is 0 Å². The van der Waals surface area contributed by atoms with Gasteiger partial charge in [-0.3, -0.25) is 14.9 Å². The molecule has 0 spiro atoms. The lowest BCUT2D eigenvalue weighted by atomic mass is 10.1. The minimum Gasteiger partial charge on any atom is -0.288 e. The summed E-state index contributed by atoms with van der Waals surface area (Å²) in [6.45, 7) is 0. The average molecular weight is 173 g/mol. The van der Waals surface area contributed by atoms with Crippen LogP contribution in [0.2, 0.25) is 0 Å². The summed E-state index contributed by atoms with van der Waals surface area (Å²) in [4.78, 5) is 21.7. The number of hydrogen-bond donors (Lipinski definition) is 1. The van der Waals surface area contributed by atoms with E-state index in [-0.39, 0.29) is 17.4 Å². The van der Waals surface area contributed by atoms with Crippen molar-refractivity contribution >= 4 is 17.9 Å². The Morgan fingerprint density at radius 2 is 1.62 bits per heavy atom. The van der Waals surface area contributed by atoms with E-state index in [1.54, 1.807) is 6.08 Å². The highest BCUT2D eigenvalue weighted by Gasteiger charge is 2.29. The zero-order chi connectivity index (χ0) is 9.26. The molecule has 3 heteroatoms. The molecule has 0 aliphatic carbocycles. The van der Waals surface area contributed by atoms with Gasteiger partial charge in [0, 0.05) is 0 Å². The van der Waals surface area contributed by atoms with Gasteiger partial charge >= 0.3 is 0 Å². The standard InChI is InChI=1S/C10H7NO2/c12-9-8(10(13)11-9)6-7-4-2-1-3-5-7/h1-6H,(H,11,12,13). The molecule has 1 aromatic rings. The molecule has 2 amide bonds. The van der Waals surface area contributed by atoms with E-state index in [2.05, 4.69) is 5.32 Å². The van der Waals surface area contributed by atoms with Crippen LogP contribution in [0.5, 0.6) is 0 Å². The van der Waals surface area contributed by atoms with Crippen molar-refractivity contribution in [3.05, 3.63) is 41.5 Å². The lowest BCUT2D eigenvalue weighted by Gasteiger charge is -2.14. The number of rotatable bonds is 1. The molecular weight excluding hydrogens is 166 g/mol. The summed E-state index contributed by atoms with van der Waals surface area (Å²) in [6.07, 6.45) is 1.58. The van der Waals surface area contributed by atoms with Gasteiger partial charge in [-0.2, -0.15) is 0 Å². The molecule has 0 saturated carbocycles. The third-order valence-electron chi connectivity index (χ3n) is 1.83. The SMILES string of the molecule is O=C1NC(=O)C1=Cc1ccccc1. The number of nitrogens with one attached hydrogen (secondary N) is 1. The van der Waals surface area contributed by atoms with Crippen LogP contribution in [0.3, 0.4) is 0 Å². The van der Waals surface area contributed by atoms with Crippen LogP contribution < -0.4 is 5.32 Å². The van der Waals surface area contributed by atoms with Gasteiger partial charge in [0.05, 0.1) is 0 Å². The maximum atomic E-state index is 10.8. The van der Waals surface area contributed by atoms with Gasteiger partial charge < -0.3 is 0 Å². The molecule has 1 fully saturated rings. The molecule has 0 unspecified atom stereocenters. The largest absolute Gasteiger partial charge is 0.288 e. The lowest BCUT2D eigenvalue weighted by Crippen LogP contribution is -2.47. The predicted molar refractivity (Wildman–Crippen MR) is 47.6 cm³/mol. The number of hydrogen-bond acceptors (Lipinski definition) is 2. The fraction of sp³-hybridized carbons (Fsp3) is 0. The van der Waals surface area contributed by atoms with Gasteiger partial charge in [-0.25, -0.2) is 0 Å². The first-order valence-electron chi connectivity index (χ1n) is 3.90. The molecular formula is C10H7NO2. The van der Waals surface area contributed by atoms with Gasteiger partial charge in [0.2, 0.25) is 0 Å². The first-order valence-corrected chi connectivity index (χ1v) is 3.90. The van der Waals surface area contributed by atoms with Crippen molar-refractivity contribution in [2.45, 2.75) is 0 Å². The Kier molecular flexibility index (Phi) is 1.70. The number of β-lactam (4-membered cyclic amide) rings is 2. The van der Waals surface area contributed by atoms with Gasteiger partial charge in [0.1, 0.15) is 5.57 Å². The van der Waals surface area contributed by atoms with Crippen LogP contribution >= 0.6 is 0 Å². The Morgan fingerprint density at radius 3 is 2.15 bits per heavy atom. The van der Waals surface area contributed by atoms with E-state index in [1.165, 1.54) is 0 Å². The van der Waals surface area contributed by atoms with Crippen LogP contribution in [0.15, 0.2) is 35.9 Å². The topological polar surface area (TPSA) is 46.2 Å². The fourth-order valence-electron chi connectivity index (χ4n) is 1.13. The molecule has 1 saturated heterocycles. The predicted octanol–water partition coefficient (Wildman–Crippen LogP) is 0.726. The van der Waals surface area contributed by atoms with E-state index in [1.807, 2.05) is 30.3 Å². The van der Waals surface area contributed by atoms with Crippen molar-refractivity contribution < 1.29 is 9.59 Å². The number of carbonyl (C=O) groups excluding carboxylic acids is 2. The van der Waals surface area contributed by atoms with Gasteiger partial charge in [0.25, 0.3) is 11.8 Å². The fourth-order valence-corrected chi connectivity index (χ4v) is 1.13. The molecule has 13 heavy (non-hydrogen) atoms. The number of amides is 2. The molecule has 0 atom stereocenters. The van der Waals surface area contributed by atoms with Crippen LogP contribution in [0.1, 0.15) is 5.56 Å². The first-order chi connectivity index (χ1) is 6.27. The Hall–Kier alpha value is -1.90. The zero-order valence-electron chi connectivity index (χ0n) is 6.78. The van der Waals surface area contributed by atoms with Crippen LogP contribution in [-0.2, 0) is 9.59 Å². The summed E-state index contributed by atoms with van der Waals surface area (Å²) in [6, 6.07) is 9.27. The van der Waals surface area contributed by atoms with Crippen LogP contribution in [0.25, 0.3) is 6.08 Å². The van der Waals surface area contributed by atoms with Gasteiger partial charge in [-0.05, 0) is 11.6 Å². The monoisotopic (exact) mass is 173 g/mol. The second-order valence-corrected chi connectivity index (χ2v) is 2.75. The highest BCUT2D eigenvalue weighted by atomic mass is 16.2. The Morgan fingerprint density at radius 1 is 1.00 bits per heavy atom. The van der Waals surface area contributed by atoms with E-state index >= 15 is 0 Å². The highest BCUT2D eigenvalue weighted by molar-refractivity contribution is 6.36. The Balaban J connectivity index is 2.31. The summed E-state index contributed by atoms with van der Waals surface area (Å²) < 4.78 is 0. The summed E-state index contributed by atoms with van der Waals surface area (Å²) in [5, 5.41) is 2.13. The van der Waals surface area contributed by atoms with Crippen molar-refractivity contribution in [1.29, 1.82) is 0 Å². The van der Waals surface area contributed by atoms with E-state index in [9.17, 15) is 9.59 Å². The molecule has 1 N–H and O–H groups in total. The quantitative estimate of drug-likeness (QED) is 0.386. The minimum absolute atomic E-state index is 0.228. The second-order valence-electron chi connectivity index (χ2n) is 2.75. The highest BCUT2D eigenvalue weighted by Crippen LogP contribution is 2.11. The molecule has 0 aromatic heterocycles. The van der Waals surface area contributed by atoms with E-state index in [0.29, 0.717) is 0 Å². The molecule has 1 aliphatic heterocycles. The normalized spacial score (nSPS) is 14.9. The Bertz CT molecular complexity index is 377. The summed E-state index contributed by atoms with van der Waals surface area (Å²) in [7, 11) is 0. The smallest absolute Gasteiger partial charge is 0.263 e. The van der Waals surface area contributed by atoms with Gasteiger partial charge in [-0.1, -0.05) is 30.3 Å². The van der Waals surface area contributed by atoms with Crippen molar-refractivity contribution in [1.82, 2.24) is 5.32 Å². The number of carbonyl (C=O) groups is 2. The maximum absolute atomic E-state index is 10.8. The van der Waals surface area contributed by atoms with Crippen molar-refractivity contribution in [2.75, 3.05) is 0 Å². The van der Waals surface area contributed by atoms with E-state index in [4.69, 9.17) is 0 Å². The van der Waals surface area contributed by atoms with Crippen LogP contribution in [0, 0.1) is 0 Å². The van der Waals surface area contributed by atoms with Gasteiger partial charge in [-0.15, -0.1) is 0 Å².